The number of hydrogen-bond donors (Lipinski definition) is 0. The van der Waals surface area contributed by atoms with E-state index < -0.39 is 6.69 Å². The molecule has 0 amide bonds. The van der Waals surface area contributed by atoms with Gasteiger partial charge in [-0.3, -0.25) is 9.59 Å². The first-order chi connectivity index (χ1) is 7.51. The Bertz CT molecular complexity index is 382. The third-order valence-electron chi connectivity index (χ3n) is 3.11. The van der Waals surface area contributed by atoms with Crippen molar-refractivity contribution in [3.63, 3.8) is 0 Å². The van der Waals surface area contributed by atoms with Gasteiger partial charge >= 0.3 is 18.6 Å². The lowest BCUT2D eigenvalue weighted by Gasteiger charge is -2.37. The van der Waals surface area contributed by atoms with E-state index in [1.165, 1.54) is 0 Å². The van der Waals surface area contributed by atoms with Crippen molar-refractivity contribution in [2.45, 2.75) is 6.92 Å². The molecule has 2 rings (SSSR count). The number of nitrogens with zero attached hydrogens (tertiary/aromatic N) is 1. The van der Waals surface area contributed by atoms with E-state index >= 15 is 0 Å². The normalized spacial score (nSPS) is 38.1. The highest BCUT2D eigenvalue weighted by Crippen LogP contribution is 2.34. The van der Waals surface area contributed by atoms with Crippen molar-refractivity contribution in [3.8, 4) is 0 Å². The van der Waals surface area contributed by atoms with Gasteiger partial charge in [0.15, 0.2) is 0 Å². The molecule has 0 saturated carbocycles. The van der Waals surface area contributed by atoms with Crippen molar-refractivity contribution in [1.29, 1.82) is 0 Å². The fourth-order valence-corrected chi connectivity index (χ4v) is 2.23. The standard InChI is InChI=1S/C10H14BNO4/c1-3-4-5-6-11-12(2,7-9(13)15-11)8-10(14)16-11/h3-6H,7-8H2,1-2H3/b4-3-,6-5-. The van der Waals surface area contributed by atoms with Crippen LogP contribution in [0.15, 0.2) is 24.2 Å². The average molecular weight is 223 g/mol. The molecule has 16 heavy (non-hydrogen) atoms. The molecule has 2 heterocycles. The van der Waals surface area contributed by atoms with Gasteiger partial charge in [-0.2, -0.15) is 0 Å². The summed E-state index contributed by atoms with van der Waals surface area (Å²) >= 11 is 0. The van der Waals surface area contributed by atoms with E-state index in [1.54, 1.807) is 25.2 Å². The summed E-state index contributed by atoms with van der Waals surface area (Å²) in [6.07, 6.45) is 5.40. The van der Waals surface area contributed by atoms with Crippen molar-refractivity contribution in [2.75, 3.05) is 20.1 Å². The highest BCUT2D eigenvalue weighted by molar-refractivity contribution is 6.71. The molecule has 0 radical (unpaired) electrons. The quantitative estimate of drug-likeness (QED) is 0.494. The second kappa shape index (κ2) is 3.48. The predicted octanol–water partition coefficient (Wildman–Crippen LogP) is 0.157. The molecule has 0 bridgehead atoms. The van der Waals surface area contributed by atoms with Gasteiger partial charge in [-0.15, -0.1) is 0 Å². The summed E-state index contributed by atoms with van der Waals surface area (Å²) in [5.74, 6) is 1.04. The van der Waals surface area contributed by atoms with Gasteiger partial charge in [-0.1, -0.05) is 24.2 Å². The maximum Gasteiger partial charge on any atom is 0.607 e. The maximum atomic E-state index is 11.3. The second-order valence-corrected chi connectivity index (χ2v) is 4.41. The Morgan fingerprint density at radius 1 is 1.19 bits per heavy atom. The summed E-state index contributed by atoms with van der Waals surface area (Å²) in [5.41, 5.74) is 0. The van der Waals surface area contributed by atoms with Gasteiger partial charge in [0.25, 0.3) is 0 Å². The molecule has 0 aromatic carbocycles. The molecule has 5 nitrogen and oxygen atoms in total. The Kier molecular flexibility index (Phi) is 2.38. The minimum Gasteiger partial charge on any atom is -0.596 e. The maximum absolute atomic E-state index is 11.3. The van der Waals surface area contributed by atoms with E-state index in [2.05, 4.69) is 0 Å². The minimum absolute atomic E-state index is 0.186. The number of fused-ring (bicyclic) bond motifs is 1. The molecule has 0 aliphatic carbocycles. The molecule has 0 unspecified atom stereocenters. The number of carbonyl (C=O) groups is 2. The number of quaternary nitrogens is 1. The average Bonchev–Trinajstić information content (AvgIpc) is 2.49. The summed E-state index contributed by atoms with van der Waals surface area (Å²) in [7, 11) is 1.80. The molecule has 2 aliphatic heterocycles. The van der Waals surface area contributed by atoms with Crippen LogP contribution in [0, 0.1) is 0 Å². The van der Waals surface area contributed by atoms with Gasteiger partial charge in [0.1, 0.15) is 13.1 Å². The third-order valence-corrected chi connectivity index (χ3v) is 3.11. The SMILES string of the molecule is C/C=C\C=C/[B-]12OC(=O)C[N+]1(C)CC(=O)O2. The number of hydrogen-bond acceptors (Lipinski definition) is 4. The highest BCUT2D eigenvalue weighted by Gasteiger charge is 2.63. The molecular formula is C10H14BNO4. The summed E-state index contributed by atoms with van der Waals surface area (Å²) in [6, 6.07) is 0. The van der Waals surface area contributed by atoms with Crippen LogP contribution in [0.1, 0.15) is 6.92 Å². The monoisotopic (exact) mass is 223 g/mol. The van der Waals surface area contributed by atoms with Crippen molar-refractivity contribution in [2.24, 2.45) is 0 Å². The lowest BCUT2D eigenvalue weighted by atomic mass is 9.68. The first-order valence-electron chi connectivity index (χ1n) is 5.24. The molecule has 2 fully saturated rings. The Balaban J connectivity index is 2.34. The van der Waals surface area contributed by atoms with Crippen LogP contribution in [-0.2, 0) is 18.9 Å². The van der Waals surface area contributed by atoms with Crippen LogP contribution in [-0.4, -0.2) is 43.2 Å². The van der Waals surface area contributed by atoms with Crippen LogP contribution in [0.5, 0.6) is 0 Å². The van der Waals surface area contributed by atoms with E-state index in [0.717, 1.165) is 0 Å². The van der Waals surface area contributed by atoms with E-state index in [1.807, 2.05) is 13.0 Å². The molecular weight excluding hydrogens is 209 g/mol. The van der Waals surface area contributed by atoms with E-state index in [-0.39, 0.29) is 29.4 Å². The Morgan fingerprint density at radius 2 is 1.75 bits per heavy atom. The zero-order valence-electron chi connectivity index (χ0n) is 9.38. The van der Waals surface area contributed by atoms with Crippen molar-refractivity contribution in [1.82, 2.24) is 0 Å². The molecule has 86 valence electrons. The van der Waals surface area contributed by atoms with Crippen LogP contribution in [0.4, 0.5) is 0 Å². The molecule has 2 aliphatic rings. The van der Waals surface area contributed by atoms with Gasteiger partial charge in [-0.05, 0) is 6.92 Å². The number of likely N-dealkylation sites (N-methyl/N-ethyl adjacent to an activating group) is 1. The zero-order valence-corrected chi connectivity index (χ0v) is 9.38. The predicted molar refractivity (Wildman–Crippen MR) is 57.8 cm³/mol. The molecule has 0 atom stereocenters. The van der Waals surface area contributed by atoms with E-state index in [0.29, 0.717) is 0 Å². The fourth-order valence-electron chi connectivity index (χ4n) is 2.23. The van der Waals surface area contributed by atoms with Crippen molar-refractivity contribution in [3.05, 3.63) is 24.2 Å². The Hall–Kier alpha value is -1.56. The first-order valence-corrected chi connectivity index (χ1v) is 5.24. The first kappa shape index (κ1) is 10.9. The van der Waals surface area contributed by atoms with Gasteiger partial charge in [-0.25, -0.2) is 0 Å². The largest absolute Gasteiger partial charge is 0.607 e. The van der Waals surface area contributed by atoms with Crippen LogP contribution in [0.25, 0.3) is 0 Å². The summed E-state index contributed by atoms with van der Waals surface area (Å²) < 4.78 is 10.6. The Morgan fingerprint density at radius 3 is 2.25 bits per heavy atom. The van der Waals surface area contributed by atoms with Crippen molar-refractivity contribution >= 4 is 18.6 Å². The lowest BCUT2D eigenvalue weighted by molar-refractivity contribution is -0.791. The number of carbonyl (C=O) groups excluding carboxylic acids is 2. The van der Waals surface area contributed by atoms with E-state index in [9.17, 15) is 9.59 Å². The van der Waals surface area contributed by atoms with Crippen molar-refractivity contribution < 1.29 is 23.3 Å². The third kappa shape index (κ3) is 1.46. The molecule has 6 heteroatoms. The van der Waals surface area contributed by atoms with Gasteiger partial charge in [0.05, 0.1) is 0 Å². The second-order valence-electron chi connectivity index (χ2n) is 4.41. The lowest BCUT2D eigenvalue weighted by Crippen LogP contribution is -2.58. The topological polar surface area (TPSA) is 52.6 Å². The van der Waals surface area contributed by atoms with Gasteiger partial charge in [0.2, 0.25) is 0 Å². The van der Waals surface area contributed by atoms with Gasteiger partial charge in [0, 0.05) is 7.05 Å². The smallest absolute Gasteiger partial charge is 0.596 e. The van der Waals surface area contributed by atoms with Crippen LogP contribution < -0.4 is 0 Å². The molecule has 0 spiro atoms. The molecule has 0 aromatic rings. The Labute approximate surface area is 93.9 Å². The molecule has 0 aromatic heterocycles. The molecule has 2 saturated heterocycles. The van der Waals surface area contributed by atoms with Crippen LogP contribution in [0.3, 0.4) is 0 Å². The van der Waals surface area contributed by atoms with Gasteiger partial charge < -0.3 is 13.7 Å². The highest BCUT2D eigenvalue weighted by atomic mass is 16.7. The van der Waals surface area contributed by atoms with Crippen LogP contribution in [0.2, 0.25) is 0 Å². The summed E-state index contributed by atoms with van der Waals surface area (Å²) in [5, 5.41) is 0. The van der Waals surface area contributed by atoms with Crippen LogP contribution >= 0.6 is 0 Å². The number of rotatable bonds is 2. The fraction of sp³-hybridized carbons (Fsp3) is 0.400. The summed E-state index contributed by atoms with van der Waals surface area (Å²) in [4.78, 5) is 22.7. The minimum atomic E-state index is -1.99. The molecule has 0 N–H and O–H groups in total. The zero-order chi connectivity index (χ0) is 11.8. The summed E-state index contributed by atoms with van der Waals surface area (Å²) in [6.45, 7) is 0.265. The van der Waals surface area contributed by atoms with E-state index in [4.69, 9.17) is 9.31 Å². The number of allylic oxidation sites excluding steroid dienone is 3.